The molecule has 0 spiro atoms. The molecular formula is C17H26NO6S2+. The third-order valence-electron chi connectivity index (χ3n) is 4.71. The highest BCUT2D eigenvalue weighted by Gasteiger charge is 2.35. The standard InChI is InChI=1S/C17H25NO6S2/c1-14-15(8-4-6-12-25(19,20)21)16-9-2-3-10-17(16)18(14)11-5-7-13-26(22,23)24/h2-3,9-10,15H,4-8,11-13H2,1H3,(H-,19,20,21,22,23,24)/p+1. The smallest absolute Gasteiger partial charge is 0.264 e. The van der Waals surface area contributed by atoms with Gasteiger partial charge >= 0.3 is 0 Å². The molecular weight excluding hydrogens is 378 g/mol. The number of nitrogens with zero attached hydrogens (tertiary/aromatic N) is 1. The summed E-state index contributed by atoms with van der Waals surface area (Å²) in [6.45, 7) is 2.70. The number of fused-ring (bicyclic) bond motifs is 1. The van der Waals surface area contributed by atoms with Crippen molar-refractivity contribution in [3.8, 4) is 0 Å². The zero-order valence-corrected chi connectivity index (χ0v) is 16.5. The average molecular weight is 405 g/mol. The third kappa shape index (κ3) is 6.15. The van der Waals surface area contributed by atoms with Crippen LogP contribution < -0.4 is 0 Å². The molecule has 9 heteroatoms. The highest BCUT2D eigenvalue weighted by atomic mass is 32.2. The molecule has 1 heterocycles. The molecule has 0 fully saturated rings. The molecule has 146 valence electrons. The first-order chi connectivity index (χ1) is 12.1. The van der Waals surface area contributed by atoms with Crippen molar-refractivity contribution in [2.75, 3.05) is 18.1 Å². The van der Waals surface area contributed by atoms with Gasteiger partial charge in [0.05, 0.1) is 17.4 Å². The summed E-state index contributed by atoms with van der Waals surface area (Å²) < 4.78 is 63.2. The Labute approximate surface area is 155 Å². The summed E-state index contributed by atoms with van der Waals surface area (Å²) in [5.41, 5.74) is 3.44. The van der Waals surface area contributed by atoms with Crippen LogP contribution in [-0.4, -0.2) is 54.3 Å². The lowest BCUT2D eigenvalue weighted by Crippen LogP contribution is -2.16. The Balaban J connectivity index is 2.03. The third-order valence-corrected chi connectivity index (χ3v) is 6.32. The van der Waals surface area contributed by atoms with Gasteiger partial charge in [-0.15, -0.1) is 0 Å². The van der Waals surface area contributed by atoms with Crippen LogP contribution in [0, 0.1) is 0 Å². The summed E-state index contributed by atoms with van der Waals surface area (Å²) >= 11 is 0. The van der Waals surface area contributed by atoms with E-state index in [2.05, 4.69) is 10.6 Å². The summed E-state index contributed by atoms with van der Waals surface area (Å²) in [6, 6.07) is 8.02. The van der Waals surface area contributed by atoms with Crippen molar-refractivity contribution < 1.29 is 30.5 Å². The van der Waals surface area contributed by atoms with Crippen LogP contribution in [0.15, 0.2) is 24.3 Å². The van der Waals surface area contributed by atoms with Crippen LogP contribution in [0.3, 0.4) is 0 Å². The molecule has 0 bridgehead atoms. The molecule has 0 saturated heterocycles. The van der Waals surface area contributed by atoms with E-state index in [4.69, 9.17) is 9.11 Å². The molecule has 1 aromatic carbocycles. The Kier molecular flexibility index (Phi) is 6.95. The van der Waals surface area contributed by atoms with Crippen LogP contribution in [0.4, 0.5) is 5.69 Å². The van der Waals surface area contributed by atoms with E-state index in [1.807, 2.05) is 25.1 Å². The lowest BCUT2D eigenvalue weighted by Gasteiger charge is -2.08. The van der Waals surface area contributed by atoms with Gasteiger partial charge in [-0.3, -0.25) is 9.11 Å². The van der Waals surface area contributed by atoms with Gasteiger partial charge in [-0.05, 0) is 19.3 Å². The topological polar surface area (TPSA) is 112 Å². The minimum absolute atomic E-state index is 0.189. The van der Waals surface area contributed by atoms with Crippen molar-refractivity contribution in [3.05, 3.63) is 29.8 Å². The highest BCUT2D eigenvalue weighted by Crippen LogP contribution is 2.37. The zero-order chi connectivity index (χ0) is 19.4. The van der Waals surface area contributed by atoms with Gasteiger partial charge in [0.25, 0.3) is 20.2 Å². The van der Waals surface area contributed by atoms with E-state index >= 15 is 0 Å². The average Bonchev–Trinajstić information content (AvgIpc) is 2.78. The largest absolute Gasteiger partial charge is 0.286 e. The second-order valence-electron chi connectivity index (χ2n) is 6.68. The minimum atomic E-state index is -3.93. The monoisotopic (exact) mass is 404 g/mol. The molecule has 1 aliphatic rings. The van der Waals surface area contributed by atoms with E-state index < -0.39 is 20.2 Å². The summed E-state index contributed by atoms with van der Waals surface area (Å²) in [5, 5.41) is 0. The van der Waals surface area contributed by atoms with Crippen LogP contribution >= 0.6 is 0 Å². The predicted octanol–water partition coefficient (Wildman–Crippen LogP) is 2.61. The number of hydrogen-bond donors (Lipinski definition) is 2. The van der Waals surface area contributed by atoms with Crippen LogP contribution in [0.2, 0.25) is 0 Å². The normalized spacial score (nSPS) is 17.6. The molecule has 7 nitrogen and oxygen atoms in total. The molecule has 2 rings (SSSR count). The van der Waals surface area contributed by atoms with Gasteiger partial charge < -0.3 is 0 Å². The van der Waals surface area contributed by atoms with Crippen molar-refractivity contribution in [3.63, 3.8) is 0 Å². The Morgan fingerprint density at radius 1 is 0.923 bits per heavy atom. The molecule has 1 aromatic rings. The molecule has 0 saturated carbocycles. The van der Waals surface area contributed by atoms with Crippen molar-refractivity contribution >= 4 is 31.6 Å². The van der Waals surface area contributed by atoms with Crippen LogP contribution in [-0.2, 0) is 20.2 Å². The first-order valence-electron chi connectivity index (χ1n) is 8.69. The fourth-order valence-electron chi connectivity index (χ4n) is 3.48. The summed E-state index contributed by atoms with van der Waals surface area (Å²) in [7, 11) is -7.85. The van der Waals surface area contributed by atoms with Crippen LogP contribution in [0.25, 0.3) is 0 Å². The molecule has 0 aromatic heterocycles. The van der Waals surface area contributed by atoms with Crippen LogP contribution in [0.5, 0.6) is 0 Å². The van der Waals surface area contributed by atoms with E-state index in [1.54, 1.807) is 0 Å². The van der Waals surface area contributed by atoms with Crippen LogP contribution in [0.1, 0.15) is 50.5 Å². The van der Waals surface area contributed by atoms with Gasteiger partial charge in [0.2, 0.25) is 5.69 Å². The quantitative estimate of drug-likeness (QED) is 0.352. The number of rotatable bonds is 10. The maximum atomic E-state index is 10.8. The zero-order valence-electron chi connectivity index (χ0n) is 14.8. The molecule has 0 radical (unpaired) electrons. The Morgan fingerprint density at radius 2 is 1.50 bits per heavy atom. The first-order valence-corrected chi connectivity index (χ1v) is 11.9. The number of benzene rings is 1. The second-order valence-corrected chi connectivity index (χ2v) is 9.82. The fraction of sp³-hybridized carbons (Fsp3) is 0.588. The molecule has 0 amide bonds. The van der Waals surface area contributed by atoms with E-state index in [0.717, 1.165) is 17.8 Å². The molecule has 1 atom stereocenters. The summed E-state index contributed by atoms with van der Waals surface area (Å²) in [6.07, 6.45) is 2.93. The van der Waals surface area contributed by atoms with E-state index in [0.29, 0.717) is 32.2 Å². The minimum Gasteiger partial charge on any atom is -0.286 e. The molecule has 1 unspecified atom stereocenters. The Morgan fingerprint density at radius 3 is 2.12 bits per heavy atom. The second kappa shape index (κ2) is 8.60. The van der Waals surface area contributed by atoms with Gasteiger partial charge in [-0.2, -0.15) is 21.4 Å². The number of para-hydroxylation sites is 1. The lowest BCUT2D eigenvalue weighted by atomic mass is 9.91. The van der Waals surface area contributed by atoms with Gasteiger partial charge in [-0.25, -0.2) is 0 Å². The first kappa shape index (κ1) is 21.0. The van der Waals surface area contributed by atoms with Gasteiger partial charge in [0.15, 0.2) is 5.71 Å². The van der Waals surface area contributed by atoms with Crippen molar-refractivity contribution in [2.45, 2.75) is 44.9 Å². The SMILES string of the molecule is CC1=[N+](CCCCS(=O)(=O)O)c2ccccc2C1CCCCS(=O)(=O)O. The van der Waals surface area contributed by atoms with Gasteiger partial charge in [0, 0.05) is 25.0 Å². The van der Waals surface area contributed by atoms with E-state index in [1.165, 1.54) is 5.56 Å². The van der Waals surface area contributed by atoms with Crippen molar-refractivity contribution in [2.24, 2.45) is 0 Å². The molecule has 1 aliphatic heterocycles. The maximum absolute atomic E-state index is 10.8. The predicted molar refractivity (Wildman–Crippen MR) is 101 cm³/mol. The number of unbranched alkanes of at least 4 members (excludes halogenated alkanes) is 2. The summed E-state index contributed by atoms with van der Waals surface area (Å²) in [4.78, 5) is 0. The van der Waals surface area contributed by atoms with E-state index in [9.17, 15) is 16.8 Å². The fourth-order valence-corrected chi connectivity index (χ4v) is 4.62. The molecule has 0 aliphatic carbocycles. The Hall–Kier alpha value is -1.29. The lowest BCUT2D eigenvalue weighted by molar-refractivity contribution is -0.439. The Bertz CT molecular complexity index is 874. The maximum Gasteiger partial charge on any atom is 0.264 e. The van der Waals surface area contributed by atoms with Crippen molar-refractivity contribution in [1.29, 1.82) is 0 Å². The highest BCUT2D eigenvalue weighted by molar-refractivity contribution is 7.86. The molecule has 26 heavy (non-hydrogen) atoms. The van der Waals surface area contributed by atoms with Gasteiger partial charge in [-0.1, -0.05) is 24.6 Å². The van der Waals surface area contributed by atoms with Crippen molar-refractivity contribution in [1.82, 2.24) is 0 Å². The van der Waals surface area contributed by atoms with E-state index in [-0.39, 0.29) is 17.4 Å². The number of hydrogen-bond acceptors (Lipinski definition) is 4. The van der Waals surface area contributed by atoms with Gasteiger partial charge in [0.1, 0.15) is 6.54 Å². The summed E-state index contributed by atoms with van der Waals surface area (Å²) in [5.74, 6) is -0.269. The molecule has 2 N–H and O–H groups in total.